The summed E-state index contributed by atoms with van der Waals surface area (Å²) in [7, 11) is 1.41. The van der Waals surface area contributed by atoms with Gasteiger partial charge in [0.05, 0.1) is 7.11 Å². The zero-order valence-corrected chi connectivity index (χ0v) is 13.5. The number of nitrogens with one attached hydrogen (secondary N) is 2. The summed E-state index contributed by atoms with van der Waals surface area (Å²) < 4.78 is 4.96. The number of rotatable bonds is 4. The Morgan fingerprint density at radius 2 is 1.77 bits per heavy atom. The van der Waals surface area contributed by atoms with Crippen molar-refractivity contribution in [1.29, 1.82) is 0 Å². The van der Waals surface area contributed by atoms with Crippen LogP contribution >= 0.6 is 0 Å². The van der Waals surface area contributed by atoms with Crippen LogP contribution in [0.2, 0.25) is 0 Å². The molecule has 0 radical (unpaired) electrons. The second-order valence-electron chi connectivity index (χ2n) is 7.36. The molecule has 2 atom stereocenters. The Morgan fingerprint density at radius 1 is 1.14 bits per heavy atom. The minimum Gasteiger partial charge on any atom is -0.467 e. The molecule has 5 nitrogen and oxygen atoms in total. The summed E-state index contributed by atoms with van der Waals surface area (Å²) in [5.74, 6) is 0.210. The average molecular weight is 308 g/mol. The first-order valence-electron chi connectivity index (χ1n) is 8.77. The number of hydrogen-bond acceptors (Lipinski definition) is 4. The van der Waals surface area contributed by atoms with Crippen LogP contribution in [0.1, 0.15) is 64.2 Å². The Morgan fingerprint density at radius 3 is 2.36 bits per heavy atom. The van der Waals surface area contributed by atoms with Crippen LogP contribution in [0.3, 0.4) is 0 Å². The molecule has 2 heterocycles. The Labute approximate surface area is 132 Å². The molecule has 124 valence electrons. The van der Waals surface area contributed by atoms with Crippen LogP contribution in [0.4, 0.5) is 0 Å². The van der Waals surface area contributed by atoms with E-state index >= 15 is 0 Å². The van der Waals surface area contributed by atoms with E-state index in [1.165, 1.54) is 20.0 Å². The second kappa shape index (κ2) is 6.57. The van der Waals surface area contributed by atoms with E-state index in [-0.39, 0.29) is 11.9 Å². The maximum atomic E-state index is 12.5. The number of hydrogen-bond donors (Lipinski definition) is 2. The van der Waals surface area contributed by atoms with Crippen LogP contribution in [0.5, 0.6) is 0 Å². The molecular weight excluding hydrogens is 280 g/mol. The monoisotopic (exact) mass is 308 g/mol. The molecule has 2 N–H and O–H groups in total. The first-order valence-corrected chi connectivity index (χ1v) is 8.77. The normalized spacial score (nSPS) is 33.2. The molecule has 0 spiro atoms. The molecule has 1 amide bonds. The van der Waals surface area contributed by atoms with Gasteiger partial charge in [-0.2, -0.15) is 0 Å². The van der Waals surface area contributed by atoms with E-state index in [9.17, 15) is 9.59 Å². The minimum atomic E-state index is -0.768. The van der Waals surface area contributed by atoms with E-state index in [1.54, 1.807) is 0 Å². The zero-order chi connectivity index (χ0) is 15.6. The SMILES string of the molecule is COC(=O)C1(NC(=O)CC2CC3CCC(C2)N3)CCCCC1. The number of piperidine rings is 1. The van der Waals surface area contributed by atoms with Crippen molar-refractivity contribution in [2.45, 2.75) is 81.8 Å². The third-order valence-corrected chi connectivity index (χ3v) is 5.71. The van der Waals surface area contributed by atoms with Crippen LogP contribution in [0.15, 0.2) is 0 Å². The summed E-state index contributed by atoms with van der Waals surface area (Å²) in [5.41, 5.74) is -0.768. The quantitative estimate of drug-likeness (QED) is 0.778. The molecule has 3 fully saturated rings. The van der Waals surface area contributed by atoms with Gasteiger partial charge in [-0.25, -0.2) is 4.79 Å². The highest BCUT2D eigenvalue weighted by atomic mass is 16.5. The number of esters is 1. The third-order valence-electron chi connectivity index (χ3n) is 5.71. The first-order chi connectivity index (χ1) is 10.6. The van der Waals surface area contributed by atoms with Gasteiger partial charge in [0.1, 0.15) is 5.54 Å². The van der Waals surface area contributed by atoms with Gasteiger partial charge in [0.15, 0.2) is 0 Å². The number of carbonyl (C=O) groups is 2. The van der Waals surface area contributed by atoms with E-state index < -0.39 is 5.54 Å². The molecular formula is C17H28N2O3. The van der Waals surface area contributed by atoms with E-state index in [1.807, 2.05) is 0 Å². The van der Waals surface area contributed by atoms with E-state index in [4.69, 9.17) is 4.74 Å². The standard InChI is InChI=1S/C17H28N2O3/c1-22-16(21)17(7-3-2-4-8-17)19-15(20)11-12-9-13-5-6-14(10-12)18-13/h12-14,18H,2-11H2,1H3,(H,19,20). The third kappa shape index (κ3) is 3.29. The fourth-order valence-corrected chi connectivity index (χ4v) is 4.65. The topological polar surface area (TPSA) is 67.4 Å². The van der Waals surface area contributed by atoms with Crippen molar-refractivity contribution in [3.05, 3.63) is 0 Å². The van der Waals surface area contributed by atoms with Gasteiger partial charge in [0, 0.05) is 18.5 Å². The molecule has 5 heteroatoms. The molecule has 2 saturated heterocycles. The molecule has 2 unspecified atom stereocenters. The van der Waals surface area contributed by atoms with Gasteiger partial charge in [-0.05, 0) is 44.4 Å². The van der Waals surface area contributed by atoms with Crippen molar-refractivity contribution in [3.63, 3.8) is 0 Å². The Kier molecular flexibility index (Phi) is 4.71. The van der Waals surface area contributed by atoms with Gasteiger partial charge >= 0.3 is 5.97 Å². The van der Waals surface area contributed by atoms with Crippen LogP contribution in [0, 0.1) is 5.92 Å². The molecule has 0 aromatic heterocycles. The van der Waals surface area contributed by atoms with Gasteiger partial charge in [-0.1, -0.05) is 19.3 Å². The summed E-state index contributed by atoms with van der Waals surface area (Å²) >= 11 is 0. The van der Waals surface area contributed by atoms with Crippen molar-refractivity contribution < 1.29 is 14.3 Å². The fourth-order valence-electron chi connectivity index (χ4n) is 4.65. The summed E-state index contributed by atoms with van der Waals surface area (Å²) in [6, 6.07) is 1.20. The Balaban J connectivity index is 1.58. The zero-order valence-electron chi connectivity index (χ0n) is 13.5. The van der Waals surface area contributed by atoms with Gasteiger partial charge in [-0.15, -0.1) is 0 Å². The van der Waals surface area contributed by atoms with Crippen molar-refractivity contribution in [2.24, 2.45) is 5.92 Å². The number of fused-ring (bicyclic) bond motifs is 2. The summed E-state index contributed by atoms with van der Waals surface area (Å²) in [5, 5.41) is 6.65. The largest absolute Gasteiger partial charge is 0.467 e. The van der Waals surface area contributed by atoms with E-state index in [0.29, 0.717) is 37.3 Å². The highest BCUT2D eigenvalue weighted by Gasteiger charge is 2.42. The lowest BCUT2D eigenvalue weighted by Crippen LogP contribution is -2.56. The number of methoxy groups -OCH3 is 1. The first kappa shape index (κ1) is 15.8. The Bertz CT molecular complexity index is 420. The number of amides is 1. The smallest absolute Gasteiger partial charge is 0.331 e. The maximum Gasteiger partial charge on any atom is 0.331 e. The summed E-state index contributed by atoms with van der Waals surface area (Å²) in [6.45, 7) is 0. The predicted molar refractivity (Wildman–Crippen MR) is 83.3 cm³/mol. The van der Waals surface area contributed by atoms with Gasteiger partial charge < -0.3 is 15.4 Å². The summed E-state index contributed by atoms with van der Waals surface area (Å²) in [6.07, 6.45) is 9.74. The highest BCUT2D eigenvalue weighted by molar-refractivity contribution is 5.88. The molecule has 1 saturated carbocycles. The lowest BCUT2D eigenvalue weighted by atomic mass is 9.81. The Hall–Kier alpha value is -1.10. The van der Waals surface area contributed by atoms with Crippen LogP contribution in [0.25, 0.3) is 0 Å². The second-order valence-corrected chi connectivity index (χ2v) is 7.36. The highest BCUT2D eigenvalue weighted by Crippen LogP contribution is 2.34. The lowest BCUT2D eigenvalue weighted by Gasteiger charge is -2.36. The van der Waals surface area contributed by atoms with Crippen molar-refractivity contribution in [3.8, 4) is 0 Å². The van der Waals surface area contributed by atoms with Crippen LogP contribution in [-0.4, -0.2) is 36.6 Å². The van der Waals surface area contributed by atoms with Crippen molar-refractivity contribution >= 4 is 11.9 Å². The molecule has 3 aliphatic rings. The van der Waals surface area contributed by atoms with Crippen LogP contribution in [-0.2, 0) is 14.3 Å². The molecule has 2 aliphatic heterocycles. The van der Waals surface area contributed by atoms with Crippen molar-refractivity contribution in [2.75, 3.05) is 7.11 Å². The molecule has 0 aromatic carbocycles. The minimum absolute atomic E-state index is 0.0265. The number of carbonyl (C=O) groups excluding carboxylic acids is 2. The molecule has 3 rings (SSSR count). The molecule has 2 bridgehead atoms. The number of ether oxygens (including phenoxy) is 1. The summed E-state index contributed by atoms with van der Waals surface area (Å²) in [4.78, 5) is 24.7. The maximum absolute atomic E-state index is 12.5. The van der Waals surface area contributed by atoms with Crippen LogP contribution < -0.4 is 10.6 Å². The van der Waals surface area contributed by atoms with Gasteiger partial charge in [0.2, 0.25) is 5.91 Å². The van der Waals surface area contributed by atoms with E-state index in [0.717, 1.165) is 32.1 Å². The molecule has 0 aromatic rings. The van der Waals surface area contributed by atoms with Gasteiger partial charge in [0.25, 0.3) is 0 Å². The predicted octanol–water partition coefficient (Wildman–Crippen LogP) is 1.90. The van der Waals surface area contributed by atoms with Crippen molar-refractivity contribution in [1.82, 2.24) is 10.6 Å². The van der Waals surface area contributed by atoms with E-state index in [2.05, 4.69) is 10.6 Å². The fraction of sp³-hybridized carbons (Fsp3) is 0.882. The molecule has 22 heavy (non-hydrogen) atoms. The van der Waals surface area contributed by atoms with Gasteiger partial charge in [-0.3, -0.25) is 4.79 Å². The lowest BCUT2D eigenvalue weighted by molar-refractivity contribution is -0.152. The average Bonchev–Trinajstić information content (AvgIpc) is 2.86. The molecule has 1 aliphatic carbocycles.